The lowest BCUT2D eigenvalue weighted by molar-refractivity contribution is 0.565. The Morgan fingerprint density at radius 2 is 2.21 bits per heavy atom. The van der Waals surface area contributed by atoms with E-state index in [4.69, 9.17) is 11.6 Å². The van der Waals surface area contributed by atoms with E-state index in [9.17, 15) is 4.39 Å². The monoisotopic (exact) mass is 278 g/mol. The van der Waals surface area contributed by atoms with Crippen molar-refractivity contribution in [1.29, 1.82) is 0 Å². The Hall–Kier alpha value is -0.0800. The maximum atomic E-state index is 13.3. The topological polar surface area (TPSA) is 0 Å². The van der Waals surface area contributed by atoms with Crippen molar-refractivity contribution in [3.8, 4) is 0 Å². The van der Waals surface area contributed by atoms with Gasteiger partial charge in [0.05, 0.1) is 0 Å². The van der Waals surface area contributed by atoms with Crippen molar-refractivity contribution in [2.24, 2.45) is 5.92 Å². The molecule has 0 saturated heterocycles. The van der Waals surface area contributed by atoms with Gasteiger partial charge in [0, 0.05) is 15.9 Å². The molecule has 0 heterocycles. The third-order valence-corrected chi connectivity index (χ3v) is 3.67. The first kappa shape index (κ1) is 12.0. The third kappa shape index (κ3) is 3.25. The summed E-state index contributed by atoms with van der Waals surface area (Å²) < 4.78 is 13.3. The van der Waals surface area contributed by atoms with Crippen molar-refractivity contribution >= 4 is 27.5 Å². The Bertz CT molecular complexity index is 281. The molecule has 1 unspecified atom stereocenters. The molecule has 1 rings (SSSR count). The normalized spacial score (nSPS) is 12.9. The van der Waals surface area contributed by atoms with Crippen molar-refractivity contribution < 1.29 is 4.39 Å². The van der Waals surface area contributed by atoms with Crippen LogP contribution in [-0.2, 0) is 6.42 Å². The molecule has 0 N–H and O–H groups in total. The fraction of sp³-hybridized carbons (Fsp3) is 0.455. The lowest BCUT2D eigenvalue weighted by atomic mass is 10.0. The highest BCUT2D eigenvalue weighted by molar-refractivity contribution is 9.09. The van der Waals surface area contributed by atoms with E-state index in [1.807, 2.05) is 0 Å². The molecule has 14 heavy (non-hydrogen) atoms. The quantitative estimate of drug-likeness (QED) is 0.715. The van der Waals surface area contributed by atoms with Gasteiger partial charge in [-0.05, 0) is 30.9 Å². The van der Waals surface area contributed by atoms with Crippen LogP contribution in [0.4, 0.5) is 4.39 Å². The second-order valence-electron chi connectivity index (χ2n) is 3.50. The molecule has 1 aromatic carbocycles. The minimum atomic E-state index is -0.195. The Labute approximate surface area is 97.6 Å². The molecule has 1 aromatic rings. The van der Waals surface area contributed by atoms with Crippen molar-refractivity contribution in [3.63, 3.8) is 0 Å². The van der Waals surface area contributed by atoms with Crippen LogP contribution in [0.3, 0.4) is 0 Å². The van der Waals surface area contributed by atoms with E-state index >= 15 is 0 Å². The molecule has 0 aromatic heterocycles. The fourth-order valence-corrected chi connectivity index (χ4v) is 1.82. The maximum absolute atomic E-state index is 13.3. The Balaban J connectivity index is 2.66. The molecule has 0 nitrogen and oxygen atoms in total. The molecule has 0 bridgehead atoms. The number of hydrogen-bond acceptors (Lipinski definition) is 0. The van der Waals surface area contributed by atoms with Crippen LogP contribution in [0.15, 0.2) is 18.2 Å². The molecule has 0 aliphatic heterocycles. The molecule has 78 valence electrons. The van der Waals surface area contributed by atoms with E-state index in [0.717, 1.165) is 11.8 Å². The van der Waals surface area contributed by atoms with Gasteiger partial charge in [0.2, 0.25) is 0 Å². The van der Waals surface area contributed by atoms with Gasteiger partial charge in [-0.1, -0.05) is 40.5 Å². The smallest absolute Gasteiger partial charge is 0.127 e. The van der Waals surface area contributed by atoms with Gasteiger partial charge in [-0.15, -0.1) is 0 Å². The summed E-state index contributed by atoms with van der Waals surface area (Å²) in [5.74, 6) is 0.352. The van der Waals surface area contributed by atoms with Gasteiger partial charge in [-0.2, -0.15) is 0 Å². The molecule has 0 spiro atoms. The van der Waals surface area contributed by atoms with E-state index in [-0.39, 0.29) is 5.82 Å². The summed E-state index contributed by atoms with van der Waals surface area (Å²) in [6.07, 6.45) is 1.66. The van der Waals surface area contributed by atoms with Crippen molar-refractivity contribution in [2.45, 2.75) is 19.8 Å². The van der Waals surface area contributed by atoms with Gasteiger partial charge >= 0.3 is 0 Å². The first-order chi connectivity index (χ1) is 6.65. The molecule has 3 heteroatoms. The molecule has 1 atom stereocenters. The molecular formula is C11H13BrClF. The Morgan fingerprint density at radius 1 is 1.50 bits per heavy atom. The summed E-state index contributed by atoms with van der Waals surface area (Å²) in [6, 6.07) is 4.83. The van der Waals surface area contributed by atoms with Crippen LogP contribution < -0.4 is 0 Å². The van der Waals surface area contributed by atoms with Crippen LogP contribution in [-0.4, -0.2) is 5.33 Å². The first-order valence-electron chi connectivity index (χ1n) is 4.64. The second kappa shape index (κ2) is 5.72. The van der Waals surface area contributed by atoms with Gasteiger partial charge in [0.25, 0.3) is 0 Å². The molecule has 0 saturated carbocycles. The van der Waals surface area contributed by atoms with Crippen LogP contribution in [0.1, 0.15) is 18.9 Å². The van der Waals surface area contributed by atoms with E-state index < -0.39 is 0 Å². The van der Waals surface area contributed by atoms with E-state index in [0.29, 0.717) is 22.9 Å². The van der Waals surface area contributed by atoms with Crippen molar-refractivity contribution in [3.05, 3.63) is 34.6 Å². The summed E-state index contributed by atoms with van der Waals surface area (Å²) in [4.78, 5) is 0. The third-order valence-electron chi connectivity index (χ3n) is 2.21. The number of hydrogen-bond donors (Lipinski definition) is 0. The summed E-state index contributed by atoms with van der Waals surface area (Å²) in [5.41, 5.74) is 0.641. The maximum Gasteiger partial charge on any atom is 0.127 e. The minimum absolute atomic E-state index is 0.195. The van der Waals surface area contributed by atoms with Gasteiger partial charge in [-0.3, -0.25) is 0 Å². The van der Waals surface area contributed by atoms with Crippen LogP contribution >= 0.6 is 27.5 Å². The van der Waals surface area contributed by atoms with Gasteiger partial charge < -0.3 is 0 Å². The molecule has 0 radical (unpaired) electrons. The minimum Gasteiger partial charge on any atom is -0.207 e. The standard InChI is InChI=1S/C11H13BrClF/c1-8(7-12)5-6-9-10(13)3-2-4-11(9)14/h2-4,8H,5-7H2,1H3. The van der Waals surface area contributed by atoms with E-state index in [1.54, 1.807) is 12.1 Å². The van der Waals surface area contributed by atoms with Crippen molar-refractivity contribution in [1.82, 2.24) is 0 Å². The average Bonchev–Trinajstić information content (AvgIpc) is 2.16. The lowest BCUT2D eigenvalue weighted by Crippen LogP contribution is -2.00. The Kier molecular flexibility index (Phi) is 4.90. The van der Waals surface area contributed by atoms with Crippen LogP contribution in [0.25, 0.3) is 0 Å². The molecule has 0 amide bonds. The molecule has 0 aliphatic rings. The highest BCUT2D eigenvalue weighted by atomic mass is 79.9. The zero-order chi connectivity index (χ0) is 10.6. The largest absolute Gasteiger partial charge is 0.207 e. The summed E-state index contributed by atoms with van der Waals surface area (Å²) in [7, 11) is 0. The first-order valence-corrected chi connectivity index (χ1v) is 6.14. The highest BCUT2D eigenvalue weighted by Crippen LogP contribution is 2.22. The number of rotatable bonds is 4. The van der Waals surface area contributed by atoms with Crippen LogP contribution in [0.2, 0.25) is 5.02 Å². The predicted octanol–water partition coefficient (Wildman–Crippen LogP) is 4.44. The predicted molar refractivity (Wildman–Crippen MR) is 62.7 cm³/mol. The molecule has 0 fully saturated rings. The number of halogens is 3. The van der Waals surface area contributed by atoms with Crippen molar-refractivity contribution in [2.75, 3.05) is 5.33 Å². The summed E-state index contributed by atoms with van der Waals surface area (Å²) in [6.45, 7) is 2.13. The lowest BCUT2D eigenvalue weighted by Gasteiger charge is -2.09. The average molecular weight is 280 g/mol. The van der Waals surface area contributed by atoms with Gasteiger partial charge in [-0.25, -0.2) is 4.39 Å². The molecular weight excluding hydrogens is 266 g/mol. The highest BCUT2D eigenvalue weighted by Gasteiger charge is 2.08. The number of alkyl halides is 1. The SMILES string of the molecule is CC(CBr)CCc1c(F)cccc1Cl. The zero-order valence-electron chi connectivity index (χ0n) is 8.06. The van der Waals surface area contributed by atoms with Gasteiger partial charge in [0.15, 0.2) is 0 Å². The Morgan fingerprint density at radius 3 is 2.79 bits per heavy atom. The summed E-state index contributed by atoms with van der Waals surface area (Å²) >= 11 is 9.30. The second-order valence-corrected chi connectivity index (χ2v) is 4.55. The fourth-order valence-electron chi connectivity index (χ4n) is 1.24. The zero-order valence-corrected chi connectivity index (χ0v) is 10.4. The van der Waals surface area contributed by atoms with E-state index in [1.165, 1.54) is 6.07 Å². The van der Waals surface area contributed by atoms with Crippen LogP contribution in [0, 0.1) is 11.7 Å². The van der Waals surface area contributed by atoms with E-state index in [2.05, 4.69) is 22.9 Å². The van der Waals surface area contributed by atoms with Crippen LogP contribution in [0.5, 0.6) is 0 Å². The molecule has 0 aliphatic carbocycles. The summed E-state index contributed by atoms with van der Waals surface area (Å²) in [5, 5.41) is 1.48. The number of benzene rings is 1. The van der Waals surface area contributed by atoms with Gasteiger partial charge in [0.1, 0.15) is 5.82 Å².